The summed E-state index contributed by atoms with van der Waals surface area (Å²) >= 11 is 8.13. The van der Waals surface area contributed by atoms with E-state index < -0.39 is 0 Å². The molecule has 0 bridgehead atoms. The summed E-state index contributed by atoms with van der Waals surface area (Å²) in [6.45, 7) is 0. The van der Waals surface area contributed by atoms with Crippen LogP contribution in [0.3, 0.4) is 0 Å². The summed E-state index contributed by atoms with van der Waals surface area (Å²) in [5.41, 5.74) is 0. The van der Waals surface area contributed by atoms with Crippen LogP contribution in [-0.2, 0) is 42.3 Å². The van der Waals surface area contributed by atoms with Crippen LogP contribution in [0.15, 0.2) is 0 Å². The summed E-state index contributed by atoms with van der Waals surface area (Å²) in [7, 11) is 2.20. The van der Waals surface area contributed by atoms with E-state index in [1.165, 1.54) is 9.83 Å². The Balaban J connectivity index is 0. The molecule has 0 aromatic heterocycles. The molecule has 0 N–H and O–H groups in total. The summed E-state index contributed by atoms with van der Waals surface area (Å²) in [5, 5.41) is 0. The Hall–Kier alpha value is 1.98. The van der Waals surface area contributed by atoms with E-state index in [1.54, 1.807) is 0 Å². The van der Waals surface area contributed by atoms with Gasteiger partial charge in [0.25, 0.3) is 0 Å². The molecule has 0 atom stereocenters. The second kappa shape index (κ2) is 9.37. The molecule has 0 unspecified atom stereocenters. The van der Waals surface area contributed by atoms with Crippen LogP contribution in [0.25, 0.3) is 0 Å². The molecule has 0 rings (SSSR count). The van der Waals surface area contributed by atoms with Crippen molar-refractivity contribution in [3.05, 3.63) is 0 Å². The quantitative estimate of drug-likeness (QED) is 0.345. The maximum absolute atomic E-state index is 4.41. The van der Waals surface area contributed by atoms with E-state index in [1.807, 2.05) is 0 Å². The van der Waals surface area contributed by atoms with E-state index in [-0.39, 0.29) is 21.7 Å². The van der Waals surface area contributed by atoms with Crippen LogP contribution >= 0.6 is 21.5 Å². The molecule has 30 valence electrons. The number of hydrogen-bond acceptors (Lipinski definition) is 3. The van der Waals surface area contributed by atoms with Crippen LogP contribution in [0.1, 0.15) is 0 Å². The minimum Gasteiger partial charge on any atom is -0.0997 e. The predicted octanol–water partition coefficient (Wildman–Crippen LogP) is 0.754. The summed E-state index contributed by atoms with van der Waals surface area (Å²) in [4.78, 5) is 0. The van der Waals surface area contributed by atoms with Crippen molar-refractivity contribution in [2.75, 3.05) is 0 Å². The Kier molecular flexibility index (Phi) is 18.9. The van der Waals surface area contributed by atoms with Crippen LogP contribution < -0.4 is 0 Å². The van der Waals surface area contributed by atoms with E-state index in [2.05, 4.69) is 22.8 Å². The first kappa shape index (κ1) is 10.1. The van der Waals surface area contributed by atoms with Crippen molar-refractivity contribution in [3.8, 4) is 0 Å². The molecule has 0 aliphatic heterocycles. The molecule has 0 aromatic carbocycles. The molecular formula is H2S4Ti. The summed E-state index contributed by atoms with van der Waals surface area (Å²) < 4.78 is 0. The Morgan fingerprint density at radius 2 is 2.00 bits per heavy atom. The van der Waals surface area contributed by atoms with Gasteiger partial charge in [-0.25, -0.2) is 0 Å². The third kappa shape index (κ3) is 10.7. The second-order valence-corrected chi connectivity index (χ2v) is 4.22. The molecule has 0 heterocycles. The maximum Gasteiger partial charge on any atom is 0 e. The van der Waals surface area contributed by atoms with Gasteiger partial charge in [0.15, 0.2) is 0 Å². The molecule has 0 aliphatic rings. The van der Waals surface area contributed by atoms with Gasteiger partial charge < -0.3 is 0 Å². The van der Waals surface area contributed by atoms with Crippen LogP contribution in [-0.4, -0.2) is 0 Å². The fourth-order valence-electron chi connectivity index (χ4n) is 0. The first-order valence-corrected chi connectivity index (χ1v) is 4.93. The zero-order valence-electron chi connectivity index (χ0n) is 2.21. The standard InChI is InChI=1S/H2S4.Ti/c1-3-4-2;/h1,4H;. The minimum atomic E-state index is 0. The fourth-order valence-corrected chi connectivity index (χ4v) is 0. The molecule has 5 heteroatoms. The normalized spacial score (nSPS) is 5.80. The molecule has 5 heavy (non-hydrogen) atoms. The predicted molar refractivity (Wildman–Crippen MR) is 32.7 cm³/mol. The van der Waals surface area contributed by atoms with Crippen molar-refractivity contribution in [1.82, 2.24) is 0 Å². The Labute approximate surface area is 63.2 Å². The molecular weight excluding hydrogens is 176 g/mol. The van der Waals surface area contributed by atoms with E-state index in [4.69, 9.17) is 0 Å². The molecule has 0 spiro atoms. The van der Waals surface area contributed by atoms with Crippen molar-refractivity contribution in [1.29, 1.82) is 0 Å². The number of rotatable bonds is 1. The Morgan fingerprint density at radius 3 is 2.00 bits per heavy atom. The second-order valence-electron chi connectivity index (χ2n) is 0.156. The van der Waals surface area contributed by atoms with Crippen molar-refractivity contribution in [3.63, 3.8) is 0 Å². The van der Waals surface area contributed by atoms with Gasteiger partial charge in [-0.2, -0.15) is 0 Å². The topological polar surface area (TPSA) is 0 Å². The van der Waals surface area contributed by atoms with Crippen LogP contribution in [0.5, 0.6) is 0 Å². The molecule has 0 radical (unpaired) electrons. The van der Waals surface area contributed by atoms with E-state index in [0.717, 1.165) is 9.35 Å². The van der Waals surface area contributed by atoms with E-state index in [0.29, 0.717) is 0 Å². The first-order chi connectivity index (χ1) is 1.91. The van der Waals surface area contributed by atoms with E-state index >= 15 is 0 Å². The third-order valence-electron chi connectivity index (χ3n) is 0.0333. The van der Waals surface area contributed by atoms with E-state index in [9.17, 15) is 0 Å². The average Bonchev–Trinajstić information content (AvgIpc) is 1.37. The molecule has 0 nitrogen and oxygen atoms in total. The van der Waals surface area contributed by atoms with Crippen molar-refractivity contribution in [2.24, 2.45) is 0 Å². The largest absolute Gasteiger partial charge is 0.0997 e. The third-order valence-corrected chi connectivity index (χ3v) is 2.70. The van der Waals surface area contributed by atoms with Crippen molar-refractivity contribution >= 4 is 42.0 Å². The van der Waals surface area contributed by atoms with Gasteiger partial charge in [0.05, 0.1) is 0 Å². The van der Waals surface area contributed by atoms with Gasteiger partial charge in [-0.15, -0.1) is 0 Å². The Bertz CT molecular complexity index is 17.6. The minimum absolute atomic E-state index is 0. The van der Waals surface area contributed by atoms with Crippen LogP contribution in [0.2, 0.25) is 0 Å². The van der Waals surface area contributed by atoms with Gasteiger partial charge in [0.2, 0.25) is 0 Å². The van der Waals surface area contributed by atoms with Crippen LogP contribution in [0, 0.1) is 0 Å². The molecule has 0 saturated heterocycles. The van der Waals surface area contributed by atoms with Gasteiger partial charge in [0, 0.05) is 21.7 Å². The summed E-state index contributed by atoms with van der Waals surface area (Å²) in [6, 6.07) is 0. The summed E-state index contributed by atoms with van der Waals surface area (Å²) in [5.74, 6) is 0. The number of hydrogen-bond donors (Lipinski definition) is 2. The fraction of sp³-hybridized carbons (Fsp3) is 0. The molecule has 0 saturated carbocycles. The van der Waals surface area contributed by atoms with Gasteiger partial charge in [-0.3, -0.25) is 0 Å². The monoisotopic (exact) mass is 178 g/mol. The Morgan fingerprint density at radius 1 is 1.80 bits per heavy atom. The zero-order valence-corrected chi connectivity index (χ0v) is 7.19. The maximum atomic E-state index is 4.41. The average molecular weight is 178 g/mol. The van der Waals surface area contributed by atoms with Gasteiger partial charge >= 0.3 is 0 Å². The van der Waals surface area contributed by atoms with Gasteiger partial charge in [-0.05, 0) is 21.0 Å². The van der Waals surface area contributed by atoms with Gasteiger partial charge in [-0.1, -0.05) is 21.0 Å². The smallest absolute Gasteiger partial charge is 0 e. The molecule has 0 aromatic rings. The molecule has 0 aliphatic carbocycles. The van der Waals surface area contributed by atoms with Gasteiger partial charge in [0.1, 0.15) is 0 Å². The van der Waals surface area contributed by atoms with Crippen molar-refractivity contribution < 1.29 is 21.7 Å². The SMILES string of the molecule is S=[SH]SS.[Ti]. The first-order valence-electron chi connectivity index (χ1n) is 0.548. The summed E-state index contributed by atoms with van der Waals surface area (Å²) in [6.07, 6.45) is 0. The van der Waals surface area contributed by atoms with Crippen molar-refractivity contribution in [2.45, 2.75) is 0 Å². The molecule has 0 amide bonds. The molecule has 0 fully saturated rings. The van der Waals surface area contributed by atoms with Crippen LogP contribution in [0.4, 0.5) is 0 Å². The number of thiol groups is 2. The zero-order chi connectivity index (χ0) is 3.41.